The lowest BCUT2D eigenvalue weighted by Gasteiger charge is -2.60. The second kappa shape index (κ2) is 3.49. The van der Waals surface area contributed by atoms with Gasteiger partial charge in [0.15, 0.2) is 0 Å². The number of allylic oxidation sites excluding steroid dienone is 4. The summed E-state index contributed by atoms with van der Waals surface area (Å²) in [5.41, 5.74) is 2.62. The highest BCUT2D eigenvalue weighted by atomic mass is 14.6. The van der Waals surface area contributed by atoms with Gasteiger partial charge in [-0.1, -0.05) is 51.5 Å². The first-order valence-electron chi connectivity index (χ1n) is 7.41. The van der Waals surface area contributed by atoms with E-state index >= 15 is 0 Å². The van der Waals surface area contributed by atoms with Gasteiger partial charge in [-0.05, 0) is 48.9 Å². The van der Waals surface area contributed by atoms with Crippen LogP contribution in [-0.2, 0) is 0 Å². The van der Waals surface area contributed by atoms with Crippen LogP contribution in [-0.4, -0.2) is 0 Å². The summed E-state index contributed by atoms with van der Waals surface area (Å²) in [5, 5.41) is 0. The summed E-state index contributed by atoms with van der Waals surface area (Å²) in [7, 11) is 0. The van der Waals surface area contributed by atoms with Crippen molar-refractivity contribution in [2.45, 2.75) is 53.4 Å². The van der Waals surface area contributed by atoms with Gasteiger partial charge in [0, 0.05) is 5.41 Å². The van der Waals surface area contributed by atoms with Crippen molar-refractivity contribution in [3.05, 3.63) is 23.8 Å². The van der Waals surface area contributed by atoms with Crippen molar-refractivity contribution in [2.24, 2.45) is 28.6 Å². The third kappa shape index (κ3) is 1.42. The molecule has 0 radical (unpaired) electrons. The molecule has 0 spiro atoms. The van der Waals surface area contributed by atoms with E-state index in [9.17, 15) is 0 Å². The number of hydrogen-bond donors (Lipinski definition) is 0. The Morgan fingerprint density at radius 2 is 1.94 bits per heavy atom. The van der Waals surface area contributed by atoms with Crippen molar-refractivity contribution in [1.82, 2.24) is 0 Å². The molecule has 0 aromatic rings. The van der Waals surface area contributed by atoms with Crippen molar-refractivity contribution in [3.63, 3.8) is 0 Å². The molecule has 5 atom stereocenters. The fourth-order valence-corrected chi connectivity index (χ4v) is 4.54. The smallest absolute Gasteiger partial charge is 0.00971 e. The van der Waals surface area contributed by atoms with Gasteiger partial charge in [-0.15, -0.1) is 0 Å². The molecule has 0 saturated heterocycles. The average Bonchev–Trinajstić information content (AvgIpc) is 2.28. The maximum atomic E-state index is 2.58. The summed E-state index contributed by atoms with van der Waals surface area (Å²) in [6.45, 7) is 9.73. The largest absolute Gasteiger partial charge is 0.0816 e. The zero-order valence-corrected chi connectivity index (χ0v) is 11.8. The zero-order chi connectivity index (χ0) is 12.3. The van der Waals surface area contributed by atoms with Gasteiger partial charge in [-0.3, -0.25) is 0 Å². The topological polar surface area (TPSA) is 0 Å². The molecule has 4 bridgehead atoms. The van der Waals surface area contributed by atoms with E-state index in [-0.39, 0.29) is 0 Å². The van der Waals surface area contributed by atoms with E-state index in [0.29, 0.717) is 10.8 Å². The van der Waals surface area contributed by atoms with E-state index in [1.165, 1.54) is 25.7 Å². The Bertz CT molecular complexity index is 389. The molecule has 0 N–H and O–H groups in total. The van der Waals surface area contributed by atoms with Crippen molar-refractivity contribution >= 4 is 0 Å². The van der Waals surface area contributed by atoms with E-state index < -0.39 is 0 Å². The van der Waals surface area contributed by atoms with Gasteiger partial charge in [0.1, 0.15) is 0 Å². The lowest BCUT2D eigenvalue weighted by molar-refractivity contribution is 0.0182. The van der Waals surface area contributed by atoms with Gasteiger partial charge in [-0.2, -0.15) is 0 Å². The fraction of sp³-hybridized carbons (Fsp3) is 0.765. The molecule has 17 heavy (non-hydrogen) atoms. The molecule has 0 aromatic carbocycles. The molecule has 0 aliphatic heterocycles. The van der Waals surface area contributed by atoms with Gasteiger partial charge < -0.3 is 0 Å². The Morgan fingerprint density at radius 1 is 1.18 bits per heavy atom. The maximum absolute atomic E-state index is 2.58. The molecule has 1 fully saturated rings. The Hall–Kier alpha value is -0.520. The molecule has 94 valence electrons. The van der Waals surface area contributed by atoms with Crippen LogP contribution >= 0.6 is 0 Å². The first-order chi connectivity index (χ1) is 7.99. The average molecular weight is 230 g/mol. The molecule has 5 unspecified atom stereocenters. The van der Waals surface area contributed by atoms with Crippen LogP contribution in [0.5, 0.6) is 0 Å². The van der Waals surface area contributed by atoms with Crippen LogP contribution < -0.4 is 0 Å². The van der Waals surface area contributed by atoms with Gasteiger partial charge in [-0.25, -0.2) is 0 Å². The van der Waals surface area contributed by atoms with E-state index in [1.54, 1.807) is 5.57 Å². The third-order valence-corrected chi connectivity index (χ3v) is 6.23. The summed E-state index contributed by atoms with van der Waals surface area (Å²) < 4.78 is 0. The summed E-state index contributed by atoms with van der Waals surface area (Å²) in [5.74, 6) is 2.64. The van der Waals surface area contributed by atoms with Crippen molar-refractivity contribution < 1.29 is 0 Å². The van der Waals surface area contributed by atoms with Crippen LogP contribution in [0.25, 0.3) is 0 Å². The Labute approximate surface area is 106 Å². The Morgan fingerprint density at radius 3 is 2.65 bits per heavy atom. The van der Waals surface area contributed by atoms with Crippen LogP contribution in [0.2, 0.25) is 0 Å². The van der Waals surface area contributed by atoms with Gasteiger partial charge in [0.05, 0.1) is 0 Å². The molecule has 0 heterocycles. The number of rotatable bonds is 1. The van der Waals surface area contributed by atoms with Crippen LogP contribution in [0.15, 0.2) is 23.8 Å². The van der Waals surface area contributed by atoms with Crippen LogP contribution in [0.3, 0.4) is 0 Å². The van der Waals surface area contributed by atoms with Gasteiger partial charge in [0.25, 0.3) is 0 Å². The molecule has 3 aliphatic carbocycles. The maximum Gasteiger partial charge on any atom is 0.00971 e. The first-order valence-corrected chi connectivity index (χ1v) is 7.41. The lowest BCUT2D eigenvalue weighted by atomic mass is 9.44. The molecular weight excluding hydrogens is 204 g/mol. The summed E-state index contributed by atoms with van der Waals surface area (Å²) in [6.07, 6.45) is 13.2. The van der Waals surface area contributed by atoms with E-state index in [0.717, 1.165) is 17.8 Å². The van der Waals surface area contributed by atoms with Crippen LogP contribution in [0, 0.1) is 28.6 Å². The molecular formula is C17H26. The second-order valence-electron chi connectivity index (χ2n) is 7.14. The molecule has 0 heteroatoms. The Balaban J connectivity index is 2.06. The standard InChI is InChI=1S/C17H26/c1-5-16(3)8-9-17(4)13-10-12(2)6-7-14(16)15(17)11-13/h8-10,12,14-15H,5-7,11H2,1-4H3. The van der Waals surface area contributed by atoms with Gasteiger partial charge in [0.2, 0.25) is 0 Å². The highest BCUT2D eigenvalue weighted by molar-refractivity contribution is 5.37. The van der Waals surface area contributed by atoms with E-state index in [4.69, 9.17) is 0 Å². The minimum absolute atomic E-state index is 0.425. The monoisotopic (exact) mass is 230 g/mol. The van der Waals surface area contributed by atoms with E-state index in [2.05, 4.69) is 45.9 Å². The van der Waals surface area contributed by atoms with Gasteiger partial charge >= 0.3 is 0 Å². The van der Waals surface area contributed by atoms with Crippen LogP contribution in [0.1, 0.15) is 53.4 Å². The predicted molar refractivity (Wildman–Crippen MR) is 73.7 cm³/mol. The van der Waals surface area contributed by atoms with Crippen molar-refractivity contribution in [2.75, 3.05) is 0 Å². The third-order valence-electron chi connectivity index (χ3n) is 6.23. The van der Waals surface area contributed by atoms with E-state index in [1.807, 2.05) is 0 Å². The highest BCUT2D eigenvalue weighted by Crippen LogP contribution is 2.64. The quantitative estimate of drug-likeness (QED) is 0.558. The highest BCUT2D eigenvalue weighted by Gasteiger charge is 2.55. The Kier molecular flexibility index (Phi) is 2.38. The second-order valence-corrected chi connectivity index (χ2v) is 7.14. The molecule has 0 aromatic heterocycles. The van der Waals surface area contributed by atoms with Crippen molar-refractivity contribution in [1.29, 1.82) is 0 Å². The molecule has 0 amide bonds. The van der Waals surface area contributed by atoms with Crippen LogP contribution in [0.4, 0.5) is 0 Å². The molecule has 3 rings (SSSR count). The molecule has 0 nitrogen and oxygen atoms in total. The zero-order valence-electron chi connectivity index (χ0n) is 11.8. The number of hydrogen-bond acceptors (Lipinski definition) is 0. The first kappa shape index (κ1) is 11.6. The SMILES string of the molecule is CCC1(C)C=CC2(C)C3=CC(C)CCC1C2C3. The minimum Gasteiger partial charge on any atom is -0.0816 e. The predicted octanol–water partition coefficient (Wildman–Crippen LogP) is 4.97. The summed E-state index contributed by atoms with van der Waals surface area (Å²) in [6, 6.07) is 0. The lowest BCUT2D eigenvalue weighted by Crippen LogP contribution is -2.51. The minimum atomic E-state index is 0.425. The summed E-state index contributed by atoms with van der Waals surface area (Å²) in [4.78, 5) is 0. The molecule has 3 aliphatic rings. The van der Waals surface area contributed by atoms with Crippen molar-refractivity contribution in [3.8, 4) is 0 Å². The fourth-order valence-electron chi connectivity index (χ4n) is 4.54. The summed E-state index contributed by atoms with van der Waals surface area (Å²) >= 11 is 0. The normalized spacial score (nSPS) is 52.2. The molecule has 1 saturated carbocycles.